The first-order valence-electron chi connectivity index (χ1n) is 8.78. The van der Waals surface area contributed by atoms with Gasteiger partial charge in [-0.15, -0.1) is 0 Å². The number of amides is 2. The molecule has 0 radical (unpaired) electrons. The van der Waals surface area contributed by atoms with E-state index in [0.717, 1.165) is 24.9 Å². The van der Waals surface area contributed by atoms with E-state index < -0.39 is 0 Å². The van der Waals surface area contributed by atoms with Crippen LogP contribution in [0, 0.1) is 6.92 Å². The number of aryl methyl sites for hydroxylation is 1. The molecule has 1 aliphatic heterocycles. The van der Waals surface area contributed by atoms with Crippen LogP contribution < -0.4 is 4.90 Å². The third kappa shape index (κ3) is 3.75. The second-order valence-electron chi connectivity index (χ2n) is 6.47. The Morgan fingerprint density at radius 2 is 2.23 bits per heavy atom. The SMILES string of the molecule is CCCC[C@@H]1CN(c2cccc(Cl)c2)C(=O)CN1C(=O)c1ncoc1C. The van der Waals surface area contributed by atoms with Crippen molar-refractivity contribution in [3.8, 4) is 0 Å². The molecule has 1 fully saturated rings. The summed E-state index contributed by atoms with van der Waals surface area (Å²) < 4.78 is 5.15. The molecule has 0 bridgehead atoms. The minimum absolute atomic E-state index is 0.0199. The largest absolute Gasteiger partial charge is 0.448 e. The number of unbranched alkanes of at least 4 members (excludes halogenated alkanes) is 1. The molecule has 2 aromatic rings. The van der Waals surface area contributed by atoms with Crippen LogP contribution in [0.1, 0.15) is 42.4 Å². The quantitative estimate of drug-likeness (QED) is 0.799. The third-order valence-corrected chi connectivity index (χ3v) is 4.89. The highest BCUT2D eigenvalue weighted by molar-refractivity contribution is 6.30. The van der Waals surface area contributed by atoms with Crippen molar-refractivity contribution >= 4 is 29.1 Å². The van der Waals surface area contributed by atoms with Gasteiger partial charge in [0.1, 0.15) is 12.3 Å². The molecule has 1 aromatic carbocycles. The van der Waals surface area contributed by atoms with Crippen LogP contribution >= 0.6 is 11.6 Å². The predicted molar refractivity (Wildman–Crippen MR) is 99.4 cm³/mol. The lowest BCUT2D eigenvalue weighted by molar-refractivity contribution is -0.121. The molecule has 6 nitrogen and oxygen atoms in total. The van der Waals surface area contributed by atoms with Crippen LogP contribution in [0.25, 0.3) is 0 Å². The summed E-state index contributed by atoms with van der Waals surface area (Å²) in [6.45, 7) is 4.27. The molecule has 7 heteroatoms. The van der Waals surface area contributed by atoms with Crippen LogP contribution in [0.4, 0.5) is 5.69 Å². The number of aromatic nitrogens is 1. The Hall–Kier alpha value is -2.34. The second kappa shape index (κ2) is 7.91. The van der Waals surface area contributed by atoms with Crippen LogP contribution in [0.5, 0.6) is 0 Å². The lowest BCUT2D eigenvalue weighted by Crippen LogP contribution is -2.58. The molecule has 0 aliphatic carbocycles. The fourth-order valence-electron chi connectivity index (χ4n) is 3.24. The summed E-state index contributed by atoms with van der Waals surface area (Å²) in [4.78, 5) is 33.0. The molecular weight excluding hydrogens is 354 g/mol. The van der Waals surface area contributed by atoms with Crippen LogP contribution in [0.15, 0.2) is 35.1 Å². The van der Waals surface area contributed by atoms with Gasteiger partial charge in [0.25, 0.3) is 5.91 Å². The highest BCUT2D eigenvalue weighted by Crippen LogP contribution is 2.26. The maximum atomic E-state index is 12.9. The van der Waals surface area contributed by atoms with Gasteiger partial charge < -0.3 is 14.2 Å². The summed E-state index contributed by atoms with van der Waals surface area (Å²) in [6, 6.07) is 7.16. The number of oxazole rings is 1. The zero-order chi connectivity index (χ0) is 18.7. The van der Waals surface area contributed by atoms with E-state index in [0.29, 0.717) is 17.3 Å². The number of anilines is 1. The highest BCUT2D eigenvalue weighted by atomic mass is 35.5. The summed E-state index contributed by atoms with van der Waals surface area (Å²) in [5.41, 5.74) is 1.03. The first-order chi connectivity index (χ1) is 12.5. The van der Waals surface area contributed by atoms with E-state index in [-0.39, 0.29) is 30.1 Å². The maximum Gasteiger partial charge on any atom is 0.276 e. The molecule has 1 aromatic heterocycles. The Labute approximate surface area is 157 Å². The molecule has 138 valence electrons. The normalized spacial score (nSPS) is 17.7. The van der Waals surface area contributed by atoms with Gasteiger partial charge in [-0.05, 0) is 31.5 Å². The number of piperazine rings is 1. The number of hydrogen-bond donors (Lipinski definition) is 0. The van der Waals surface area contributed by atoms with Gasteiger partial charge in [-0.1, -0.05) is 37.4 Å². The van der Waals surface area contributed by atoms with Crippen molar-refractivity contribution in [1.82, 2.24) is 9.88 Å². The van der Waals surface area contributed by atoms with Crippen LogP contribution in [0.3, 0.4) is 0 Å². The monoisotopic (exact) mass is 375 g/mol. The number of benzene rings is 1. The molecule has 1 saturated heterocycles. The zero-order valence-corrected chi connectivity index (χ0v) is 15.7. The molecule has 1 aliphatic rings. The van der Waals surface area contributed by atoms with Gasteiger partial charge in [-0.3, -0.25) is 9.59 Å². The summed E-state index contributed by atoms with van der Waals surface area (Å²) in [6.07, 6.45) is 4.08. The van der Waals surface area contributed by atoms with Crippen molar-refractivity contribution in [1.29, 1.82) is 0 Å². The van der Waals surface area contributed by atoms with Crippen molar-refractivity contribution in [2.24, 2.45) is 0 Å². The standard InChI is InChI=1S/C19H22ClN3O3/c1-3-4-7-16-10-22(15-8-5-6-14(20)9-15)17(24)11-23(16)19(25)18-13(2)26-12-21-18/h5-6,8-9,12,16H,3-4,7,10-11H2,1-2H3/t16-/m1/s1. The lowest BCUT2D eigenvalue weighted by atomic mass is 10.0. The average Bonchev–Trinajstić information content (AvgIpc) is 3.05. The minimum Gasteiger partial charge on any atom is -0.448 e. The maximum absolute atomic E-state index is 12.9. The smallest absolute Gasteiger partial charge is 0.276 e. The zero-order valence-electron chi connectivity index (χ0n) is 14.9. The van der Waals surface area contributed by atoms with Crippen LogP contribution in [-0.2, 0) is 4.79 Å². The number of nitrogens with zero attached hydrogens (tertiary/aromatic N) is 3. The van der Waals surface area contributed by atoms with Gasteiger partial charge in [0.05, 0.1) is 6.04 Å². The van der Waals surface area contributed by atoms with Crippen molar-refractivity contribution in [3.63, 3.8) is 0 Å². The van der Waals surface area contributed by atoms with Crippen molar-refractivity contribution < 1.29 is 14.0 Å². The minimum atomic E-state index is -0.253. The van der Waals surface area contributed by atoms with E-state index in [1.54, 1.807) is 28.9 Å². The van der Waals surface area contributed by atoms with Gasteiger partial charge in [-0.25, -0.2) is 4.98 Å². The fraction of sp³-hybridized carbons (Fsp3) is 0.421. The average molecular weight is 376 g/mol. The Morgan fingerprint density at radius 3 is 2.88 bits per heavy atom. The number of hydrogen-bond acceptors (Lipinski definition) is 4. The predicted octanol–water partition coefficient (Wildman–Crippen LogP) is 3.68. The molecule has 2 heterocycles. The molecule has 26 heavy (non-hydrogen) atoms. The highest BCUT2D eigenvalue weighted by Gasteiger charge is 2.37. The molecular formula is C19H22ClN3O3. The van der Waals surface area contributed by atoms with Crippen molar-refractivity contribution in [2.75, 3.05) is 18.0 Å². The summed E-state index contributed by atoms with van der Waals surface area (Å²) in [5.74, 6) is 0.0833. The first kappa shape index (κ1) is 18.5. The third-order valence-electron chi connectivity index (χ3n) is 4.66. The Bertz CT molecular complexity index is 805. The van der Waals surface area contributed by atoms with Crippen molar-refractivity contribution in [3.05, 3.63) is 47.1 Å². The topological polar surface area (TPSA) is 66.7 Å². The van der Waals surface area contributed by atoms with E-state index >= 15 is 0 Å². The van der Waals surface area contributed by atoms with E-state index in [2.05, 4.69) is 11.9 Å². The number of halogens is 1. The van der Waals surface area contributed by atoms with Crippen LogP contribution in [-0.4, -0.2) is 40.8 Å². The van der Waals surface area contributed by atoms with Gasteiger partial charge in [0, 0.05) is 17.3 Å². The Balaban J connectivity index is 1.86. The van der Waals surface area contributed by atoms with E-state index in [4.69, 9.17) is 16.0 Å². The number of rotatable bonds is 5. The molecule has 2 amide bonds. The second-order valence-corrected chi connectivity index (χ2v) is 6.91. The molecule has 3 rings (SSSR count). The van der Waals surface area contributed by atoms with Gasteiger partial charge >= 0.3 is 0 Å². The van der Waals surface area contributed by atoms with E-state index in [9.17, 15) is 9.59 Å². The van der Waals surface area contributed by atoms with Crippen LogP contribution in [0.2, 0.25) is 5.02 Å². The van der Waals surface area contributed by atoms with E-state index in [1.807, 2.05) is 12.1 Å². The molecule has 0 unspecified atom stereocenters. The Kier molecular flexibility index (Phi) is 5.61. The summed E-state index contributed by atoms with van der Waals surface area (Å²) >= 11 is 6.07. The molecule has 1 atom stereocenters. The number of carbonyl (C=O) groups is 2. The summed E-state index contributed by atoms with van der Waals surface area (Å²) in [5, 5.41) is 0.581. The first-order valence-corrected chi connectivity index (χ1v) is 9.16. The van der Waals surface area contributed by atoms with Crippen molar-refractivity contribution in [2.45, 2.75) is 39.2 Å². The molecule has 0 saturated carbocycles. The summed E-state index contributed by atoms with van der Waals surface area (Å²) in [7, 11) is 0. The fourth-order valence-corrected chi connectivity index (χ4v) is 3.42. The Morgan fingerprint density at radius 1 is 1.42 bits per heavy atom. The molecule has 0 spiro atoms. The van der Waals surface area contributed by atoms with E-state index in [1.165, 1.54) is 6.39 Å². The lowest BCUT2D eigenvalue weighted by Gasteiger charge is -2.41. The number of carbonyl (C=O) groups excluding carboxylic acids is 2. The van der Waals surface area contributed by atoms with Gasteiger partial charge in [0.2, 0.25) is 5.91 Å². The van der Waals surface area contributed by atoms with Gasteiger partial charge in [0.15, 0.2) is 12.1 Å². The van der Waals surface area contributed by atoms with Gasteiger partial charge in [-0.2, -0.15) is 0 Å². The molecule has 0 N–H and O–H groups in total.